The van der Waals surface area contributed by atoms with Gasteiger partial charge >= 0.3 is 0 Å². The molecule has 20 heavy (non-hydrogen) atoms. The Morgan fingerprint density at radius 2 is 2.15 bits per heavy atom. The minimum absolute atomic E-state index is 0.0120. The number of nitrogen functional groups attached to an aromatic ring is 1. The number of fused-ring (bicyclic) bond motifs is 1. The van der Waals surface area contributed by atoms with E-state index in [4.69, 9.17) is 7.10 Å². The molecule has 0 saturated carbocycles. The van der Waals surface area contributed by atoms with Crippen LogP contribution in [0, 0.1) is 10.1 Å². The van der Waals surface area contributed by atoms with E-state index < -0.39 is 4.92 Å². The van der Waals surface area contributed by atoms with Gasteiger partial charge < -0.3 is 5.73 Å². The second kappa shape index (κ2) is 4.57. The van der Waals surface area contributed by atoms with Gasteiger partial charge in [-0.15, -0.1) is 0 Å². The van der Waals surface area contributed by atoms with Crippen molar-refractivity contribution >= 4 is 22.7 Å². The van der Waals surface area contributed by atoms with Gasteiger partial charge in [-0.05, 0) is 5.56 Å². The largest absolute Gasteiger partial charge is 0.368 e. The lowest BCUT2D eigenvalue weighted by molar-refractivity contribution is -0.384. The molecule has 2 heterocycles. The molecule has 2 aromatic heterocycles. The lowest BCUT2D eigenvalue weighted by atomic mass is 10.2. The van der Waals surface area contributed by atoms with Gasteiger partial charge in [0.05, 0.1) is 24.4 Å². The quantitative estimate of drug-likeness (QED) is 0.568. The molecule has 0 aliphatic carbocycles. The molecular formula is C12H10N6O2. The van der Waals surface area contributed by atoms with Crippen molar-refractivity contribution in [2.75, 3.05) is 5.73 Å². The zero-order chi connectivity index (χ0) is 15.0. The average Bonchev–Trinajstić information content (AvgIpc) is 2.83. The standard InChI is InChI=1S/C12H10N6O2/c13-12-14-5-9-6-15-17(11(9)16-12)7-8-1-3-10(4-2-8)18(19)20/h1-6H,7H2,(H2,13,14,16)/i5D. The van der Waals surface area contributed by atoms with Gasteiger partial charge in [0.2, 0.25) is 5.95 Å². The molecule has 3 aromatic rings. The number of nitro groups is 1. The SMILES string of the molecule is [2H]c1nc(N)nc2c1cnn2Cc1ccc([N+](=O)[O-])cc1. The summed E-state index contributed by atoms with van der Waals surface area (Å²) in [7, 11) is 0. The van der Waals surface area contributed by atoms with E-state index in [0.717, 1.165) is 5.56 Å². The first kappa shape index (κ1) is 10.9. The van der Waals surface area contributed by atoms with Gasteiger partial charge in [-0.2, -0.15) is 10.1 Å². The van der Waals surface area contributed by atoms with Gasteiger partial charge in [0.25, 0.3) is 5.69 Å². The second-order valence-corrected chi connectivity index (χ2v) is 4.16. The summed E-state index contributed by atoms with van der Waals surface area (Å²) in [6, 6.07) is 6.16. The Hall–Kier alpha value is -3.03. The number of benzene rings is 1. The predicted octanol–water partition coefficient (Wildman–Crippen LogP) is 1.36. The van der Waals surface area contributed by atoms with Crippen LogP contribution in [-0.2, 0) is 6.54 Å². The van der Waals surface area contributed by atoms with E-state index in [0.29, 0.717) is 17.6 Å². The molecule has 0 amide bonds. The van der Waals surface area contributed by atoms with Gasteiger partial charge in [0.1, 0.15) is 0 Å². The minimum atomic E-state index is -0.451. The van der Waals surface area contributed by atoms with Crippen LogP contribution in [-0.4, -0.2) is 24.7 Å². The molecular weight excluding hydrogens is 260 g/mol. The van der Waals surface area contributed by atoms with Crippen molar-refractivity contribution in [3.63, 3.8) is 0 Å². The number of hydrogen-bond acceptors (Lipinski definition) is 6. The maximum atomic E-state index is 10.6. The second-order valence-electron chi connectivity index (χ2n) is 4.16. The topological polar surface area (TPSA) is 113 Å². The van der Waals surface area contributed by atoms with Crippen molar-refractivity contribution in [3.05, 3.63) is 52.3 Å². The average molecular weight is 271 g/mol. The normalized spacial score (nSPS) is 11.5. The van der Waals surface area contributed by atoms with Crippen molar-refractivity contribution in [2.45, 2.75) is 6.54 Å². The van der Waals surface area contributed by atoms with E-state index in [9.17, 15) is 10.1 Å². The highest BCUT2D eigenvalue weighted by molar-refractivity contribution is 5.74. The minimum Gasteiger partial charge on any atom is -0.368 e. The van der Waals surface area contributed by atoms with Crippen LogP contribution >= 0.6 is 0 Å². The first-order valence-corrected chi connectivity index (χ1v) is 5.73. The Morgan fingerprint density at radius 3 is 2.85 bits per heavy atom. The van der Waals surface area contributed by atoms with Crippen molar-refractivity contribution in [1.29, 1.82) is 0 Å². The van der Waals surface area contributed by atoms with Crippen LogP contribution in [0.3, 0.4) is 0 Å². The highest BCUT2D eigenvalue weighted by Crippen LogP contribution is 2.15. The fraction of sp³-hybridized carbons (Fsp3) is 0.0833. The summed E-state index contributed by atoms with van der Waals surface area (Å²) in [5.74, 6) is 0.0120. The number of nitrogens with zero attached hydrogens (tertiary/aromatic N) is 5. The summed E-state index contributed by atoms with van der Waals surface area (Å²) in [4.78, 5) is 18.0. The maximum absolute atomic E-state index is 10.6. The van der Waals surface area contributed by atoms with E-state index in [1.165, 1.54) is 18.3 Å². The van der Waals surface area contributed by atoms with Gasteiger partial charge in [0.15, 0.2) is 5.65 Å². The van der Waals surface area contributed by atoms with E-state index in [1.807, 2.05) is 0 Å². The summed E-state index contributed by atoms with van der Waals surface area (Å²) >= 11 is 0. The van der Waals surface area contributed by atoms with Gasteiger partial charge in [-0.3, -0.25) is 10.1 Å². The van der Waals surface area contributed by atoms with Crippen LogP contribution in [0.25, 0.3) is 11.0 Å². The molecule has 0 aliphatic heterocycles. The highest BCUT2D eigenvalue weighted by Gasteiger charge is 2.08. The Labute approximate surface area is 114 Å². The number of aromatic nitrogens is 4. The van der Waals surface area contributed by atoms with Crippen LogP contribution < -0.4 is 5.73 Å². The van der Waals surface area contributed by atoms with Gasteiger partial charge in [-0.25, -0.2) is 9.67 Å². The summed E-state index contributed by atoms with van der Waals surface area (Å²) < 4.78 is 9.29. The van der Waals surface area contributed by atoms with Gasteiger partial charge in [0, 0.05) is 18.3 Å². The number of rotatable bonds is 3. The Balaban J connectivity index is 1.96. The van der Waals surface area contributed by atoms with Crippen molar-refractivity contribution < 1.29 is 6.29 Å². The number of hydrogen-bond donors (Lipinski definition) is 1. The number of anilines is 1. The predicted molar refractivity (Wildman–Crippen MR) is 71.9 cm³/mol. The molecule has 1 aromatic carbocycles. The Bertz CT molecular complexity index is 830. The summed E-state index contributed by atoms with van der Waals surface area (Å²) in [5, 5.41) is 15.3. The van der Waals surface area contributed by atoms with E-state index in [-0.39, 0.29) is 17.8 Å². The zero-order valence-corrected chi connectivity index (χ0v) is 10.2. The zero-order valence-electron chi connectivity index (χ0n) is 11.2. The lowest BCUT2D eigenvalue weighted by Gasteiger charge is -2.03. The lowest BCUT2D eigenvalue weighted by Crippen LogP contribution is -2.04. The van der Waals surface area contributed by atoms with Crippen molar-refractivity contribution in [1.82, 2.24) is 19.7 Å². The van der Waals surface area contributed by atoms with Crippen molar-refractivity contribution in [2.24, 2.45) is 0 Å². The number of nitro benzene ring substituents is 1. The maximum Gasteiger partial charge on any atom is 0.269 e. The molecule has 0 unspecified atom stereocenters. The van der Waals surface area contributed by atoms with Crippen LogP contribution in [0.5, 0.6) is 0 Å². The first-order chi connectivity index (χ1) is 10.0. The van der Waals surface area contributed by atoms with Crippen LogP contribution in [0.15, 0.2) is 36.6 Å². The van der Waals surface area contributed by atoms with Crippen LogP contribution in [0.4, 0.5) is 11.6 Å². The molecule has 3 rings (SSSR count). The first-order valence-electron chi connectivity index (χ1n) is 6.23. The van der Waals surface area contributed by atoms with Crippen LogP contribution in [0.1, 0.15) is 6.93 Å². The molecule has 2 N–H and O–H groups in total. The fourth-order valence-corrected chi connectivity index (χ4v) is 1.84. The fourth-order valence-electron chi connectivity index (χ4n) is 1.84. The van der Waals surface area contributed by atoms with Crippen molar-refractivity contribution in [3.8, 4) is 0 Å². The Kier molecular flexibility index (Phi) is 2.48. The molecule has 0 spiro atoms. The molecule has 0 aliphatic rings. The van der Waals surface area contributed by atoms with Crippen LogP contribution in [0.2, 0.25) is 0 Å². The molecule has 0 fully saturated rings. The van der Waals surface area contributed by atoms with E-state index in [2.05, 4.69) is 15.1 Å². The monoisotopic (exact) mass is 271 g/mol. The molecule has 0 bridgehead atoms. The number of non-ortho nitro benzene ring substituents is 1. The third kappa shape index (κ3) is 2.14. The molecule has 8 heteroatoms. The molecule has 100 valence electrons. The third-order valence-corrected chi connectivity index (χ3v) is 2.80. The van der Waals surface area contributed by atoms with E-state index >= 15 is 0 Å². The smallest absolute Gasteiger partial charge is 0.269 e. The van der Waals surface area contributed by atoms with Gasteiger partial charge in [-0.1, -0.05) is 12.1 Å². The summed E-state index contributed by atoms with van der Waals surface area (Å²) in [6.45, 7) is 0.372. The summed E-state index contributed by atoms with van der Waals surface area (Å²) in [5.41, 5.74) is 6.86. The van der Waals surface area contributed by atoms with E-state index in [1.54, 1.807) is 16.8 Å². The Morgan fingerprint density at radius 1 is 1.40 bits per heavy atom. The molecule has 0 radical (unpaired) electrons. The number of nitrogens with two attached hydrogens (primary N) is 1. The molecule has 0 saturated heterocycles. The molecule has 8 nitrogen and oxygen atoms in total. The highest BCUT2D eigenvalue weighted by atomic mass is 16.6. The molecule has 0 atom stereocenters. The summed E-state index contributed by atoms with van der Waals surface area (Å²) in [6.07, 6.45) is 1.52. The third-order valence-electron chi connectivity index (χ3n) is 2.80.